The summed E-state index contributed by atoms with van der Waals surface area (Å²) in [5, 5.41) is 2.57. The van der Waals surface area contributed by atoms with Crippen molar-refractivity contribution >= 4 is 38.9 Å². The van der Waals surface area contributed by atoms with Crippen molar-refractivity contribution in [1.82, 2.24) is 4.57 Å². The maximum atomic E-state index is 2.52. The number of fused-ring (bicyclic) bond motifs is 12. The highest BCUT2D eigenvalue weighted by Gasteiger charge is 2.51. The molecule has 0 amide bonds. The molecular weight excluding hydrogens is 833 g/mol. The van der Waals surface area contributed by atoms with Crippen LogP contribution in [-0.2, 0) is 5.41 Å². The summed E-state index contributed by atoms with van der Waals surface area (Å²) in [6, 6.07) is 98.5. The summed E-state index contributed by atoms with van der Waals surface area (Å²) in [6.07, 6.45) is 0. The van der Waals surface area contributed by atoms with Gasteiger partial charge in [-0.05, 0) is 126 Å². The lowest BCUT2D eigenvalue weighted by Gasteiger charge is -2.39. The minimum absolute atomic E-state index is 0.520. The highest BCUT2D eigenvalue weighted by atomic mass is 15.1. The third kappa shape index (κ3) is 5.92. The van der Waals surface area contributed by atoms with Crippen LogP contribution in [0.15, 0.2) is 267 Å². The first-order valence-corrected chi connectivity index (χ1v) is 23.9. The number of rotatable bonds is 7. The number of nitrogens with zero attached hydrogens (tertiary/aromatic N) is 2. The number of benzene rings is 11. The van der Waals surface area contributed by atoms with E-state index >= 15 is 0 Å². The van der Waals surface area contributed by atoms with Gasteiger partial charge in [-0.15, -0.1) is 0 Å². The van der Waals surface area contributed by atoms with E-state index in [0.29, 0.717) is 0 Å². The molecule has 12 aromatic rings. The van der Waals surface area contributed by atoms with Crippen LogP contribution in [0.1, 0.15) is 22.3 Å². The van der Waals surface area contributed by atoms with E-state index in [9.17, 15) is 0 Å². The van der Waals surface area contributed by atoms with Crippen LogP contribution in [0.2, 0.25) is 0 Å². The zero-order chi connectivity index (χ0) is 45.5. The maximum Gasteiger partial charge on any atom is 0.0754 e. The van der Waals surface area contributed by atoms with Gasteiger partial charge in [0.15, 0.2) is 0 Å². The molecule has 1 unspecified atom stereocenters. The van der Waals surface area contributed by atoms with Gasteiger partial charge in [0.1, 0.15) is 0 Å². The largest absolute Gasteiger partial charge is 0.310 e. The molecule has 0 radical (unpaired) electrons. The van der Waals surface area contributed by atoms with E-state index in [0.717, 1.165) is 17.1 Å². The van der Waals surface area contributed by atoms with Gasteiger partial charge in [-0.3, -0.25) is 0 Å². The molecule has 1 aliphatic heterocycles. The fraction of sp³-hybridized carbons (Fsp3) is 0.0149. The summed E-state index contributed by atoms with van der Waals surface area (Å²) < 4.78 is 2.52. The van der Waals surface area contributed by atoms with E-state index in [4.69, 9.17) is 0 Å². The summed E-state index contributed by atoms with van der Waals surface area (Å²) >= 11 is 0. The van der Waals surface area contributed by atoms with Crippen LogP contribution in [0, 0.1) is 0 Å². The Labute approximate surface area is 402 Å². The van der Waals surface area contributed by atoms with Gasteiger partial charge in [0.05, 0.1) is 22.1 Å². The van der Waals surface area contributed by atoms with E-state index in [2.05, 4.69) is 276 Å². The van der Waals surface area contributed by atoms with Gasteiger partial charge in [0.2, 0.25) is 0 Å². The first-order chi connectivity index (χ1) is 34.2. The molecule has 0 saturated carbocycles. The lowest BCUT2D eigenvalue weighted by molar-refractivity contribution is 0.748. The molecule has 69 heavy (non-hydrogen) atoms. The van der Waals surface area contributed by atoms with Crippen molar-refractivity contribution in [3.8, 4) is 61.3 Å². The Morgan fingerprint density at radius 1 is 0.290 bits per heavy atom. The molecule has 2 aliphatic rings. The van der Waals surface area contributed by atoms with Crippen LogP contribution in [0.3, 0.4) is 0 Å². The molecule has 1 spiro atoms. The van der Waals surface area contributed by atoms with E-state index < -0.39 is 5.41 Å². The second kappa shape index (κ2) is 15.6. The van der Waals surface area contributed by atoms with Gasteiger partial charge in [-0.25, -0.2) is 0 Å². The molecule has 2 heteroatoms. The lowest BCUT2D eigenvalue weighted by Crippen LogP contribution is -2.33. The third-order valence-electron chi connectivity index (χ3n) is 14.8. The van der Waals surface area contributed by atoms with Crippen molar-refractivity contribution in [2.75, 3.05) is 4.90 Å². The van der Waals surface area contributed by atoms with Crippen molar-refractivity contribution in [2.24, 2.45) is 0 Å². The van der Waals surface area contributed by atoms with Crippen molar-refractivity contribution in [2.45, 2.75) is 5.41 Å². The average molecular weight is 877 g/mol. The SMILES string of the molecule is c1ccc(-c2ccc(-c3ccc(N(c4cccc(-c5ccccc5)c4)c4cccc(-c5cccc6c5-c5ccccc5C65c6ccccc6-n6c7ccccc7c7cccc5c76)c4)cc3)cc2)cc1. The van der Waals surface area contributed by atoms with E-state index in [-0.39, 0.29) is 0 Å². The molecule has 0 fully saturated rings. The molecule has 1 atom stereocenters. The maximum absolute atomic E-state index is 2.52. The zero-order valence-electron chi connectivity index (χ0n) is 37.8. The number of hydrogen-bond acceptors (Lipinski definition) is 1. The molecular formula is C67H44N2. The van der Waals surface area contributed by atoms with Crippen LogP contribution >= 0.6 is 0 Å². The predicted molar refractivity (Wildman–Crippen MR) is 288 cm³/mol. The molecule has 2 heterocycles. The van der Waals surface area contributed by atoms with Crippen LogP contribution in [0.4, 0.5) is 17.1 Å². The standard InChI is InChI=1S/C67H44N2/c1-3-17-45(18-4-1)47-35-37-48(38-36-47)49-39-41-52(42-40-49)68(53-23-13-21-50(43-53)46-19-5-2-6-20-46)54-24-14-22-51(44-54)55-27-15-31-61-65(55)58-26-7-9-29-59(58)67(61)60-30-10-12-34-64(60)69-63-33-11-8-25-56(63)57-28-16-32-62(67)66(57)69/h1-44H. The lowest BCUT2D eigenvalue weighted by atomic mass is 9.65. The Morgan fingerprint density at radius 2 is 0.768 bits per heavy atom. The molecule has 322 valence electrons. The van der Waals surface area contributed by atoms with Crippen LogP contribution in [-0.4, -0.2) is 4.57 Å². The second-order valence-electron chi connectivity index (χ2n) is 18.4. The summed E-state index contributed by atoms with van der Waals surface area (Å²) in [5.41, 5.74) is 24.0. The predicted octanol–water partition coefficient (Wildman–Crippen LogP) is 17.6. The molecule has 1 aliphatic carbocycles. The highest BCUT2D eigenvalue weighted by Crippen LogP contribution is 2.62. The fourth-order valence-electron chi connectivity index (χ4n) is 11.9. The minimum Gasteiger partial charge on any atom is -0.310 e. The van der Waals surface area contributed by atoms with E-state index in [1.54, 1.807) is 0 Å². The quantitative estimate of drug-likeness (QED) is 0.155. The summed E-state index contributed by atoms with van der Waals surface area (Å²) in [6.45, 7) is 0. The van der Waals surface area contributed by atoms with Gasteiger partial charge < -0.3 is 9.47 Å². The van der Waals surface area contributed by atoms with Gasteiger partial charge >= 0.3 is 0 Å². The normalized spacial score (nSPS) is 14.1. The Balaban J connectivity index is 0.936. The minimum atomic E-state index is -0.520. The van der Waals surface area contributed by atoms with E-state index in [1.807, 2.05) is 0 Å². The number of hydrogen-bond donors (Lipinski definition) is 0. The molecule has 2 nitrogen and oxygen atoms in total. The van der Waals surface area contributed by atoms with Gasteiger partial charge in [-0.1, -0.05) is 218 Å². The molecule has 14 rings (SSSR count). The van der Waals surface area contributed by atoms with Crippen molar-refractivity contribution in [3.63, 3.8) is 0 Å². The Morgan fingerprint density at radius 3 is 1.51 bits per heavy atom. The van der Waals surface area contributed by atoms with Gasteiger partial charge in [0, 0.05) is 27.8 Å². The van der Waals surface area contributed by atoms with Crippen molar-refractivity contribution in [1.29, 1.82) is 0 Å². The topological polar surface area (TPSA) is 8.17 Å². The molecule has 0 N–H and O–H groups in total. The fourth-order valence-corrected chi connectivity index (χ4v) is 11.9. The molecule has 11 aromatic carbocycles. The summed E-state index contributed by atoms with van der Waals surface area (Å²) in [7, 11) is 0. The highest BCUT2D eigenvalue weighted by molar-refractivity contribution is 6.13. The van der Waals surface area contributed by atoms with E-state index in [1.165, 1.54) is 105 Å². The van der Waals surface area contributed by atoms with Crippen LogP contribution in [0.5, 0.6) is 0 Å². The summed E-state index contributed by atoms with van der Waals surface area (Å²) in [5.74, 6) is 0. The molecule has 0 saturated heterocycles. The summed E-state index contributed by atoms with van der Waals surface area (Å²) in [4.78, 5) is 2.41. The third-order valence-corrected chi connectivity index (χ3v) is 14.8. The molecule has 1 aromatic heterocycles. The molecule has 0 bridgehead atoms. The Hall–Kier alpha value is -8.98. The van der Waals surface area contributed by atoms with Crippen LogP contribution < -0.4 is 4.90 Å². The smallest absolute Gasteiger partial charge is 0.0754 e. The van der Waals surface area contributed by atoms with Crippen molar-refractivity contribution < 1.29 is 0 Å². The van der Waals surface area contributed by atoms with Gasteiger partial charge in [0.25, 0.3) is 0 Å². The van der Waals surface area contributed by atoms with Crippen molar-refractivity contribution in [3.05, 3.63) is 289 Å². The Bertz CT molecular complexity index is 3940. The first kappa shape index (κ1) is 39.2. The Kier molecular flexibility index (Phi) is 8.84. The van der Waals surface area contributed by atoms with Gasteiger partial charge in [-0.2, -0.15) is 0 Å². The number of aromatic nitrogens is 1. The number of anilines is 3. The number of para-hydroxylation sites is 3. The average Bonchev–Trinajstić information content (AvgIpc) is 3.93. The zero-order valence-corrected chi connectivity index (χ0v) is 37.8. The second-order valence-corrected chi connectivity index (χ2v) is 18.4. The first-order valence-electron chi connectivity index (χ1n) is 23.9. The van der Waals surface area contributed by atoms with Crippen LogP contribution in [0.25, 0.3) is 83.1 Å². The monoisotopic (exact) mass is 876 g/mol.